The summed E-state index contributed by atoms with van der Waals surface area (Å²) in [5.41, 5.74) is 4.16. The van der Waals surface area contributed by atoms with Gasteiger partial charge in [-0.3, -0.25) is 9.59 Å². The number of amides is 1. The maximum atomic E-state index is 13.3. The van der Waals surface area contributed by atoms with E-state index in [0.29, 0.717) is 25.4 Å². The standard InChI is InChI=1S/C36H43NO7/c1-4-7-25-11-13-27(14-12-25)24-44-31-18-15-26(16-19-31)8-6-21-43-33-20-17-29(36(40)42-3)23-32(33)34(38)37-30-10-5-9-28(22-30)35(39)41-2/h11-20,23,28,30H,4-10,21-22,24H2,1-3H3,(H,37,38). The number of benzene rings is 3. The highest BCUT2D eigenvalue weighted by Gasteiger charge is 2.29. The molecule has 0 spiro atoms. The van der Waals surface area contributed by atoms with Crippen molar-refractivity contribution in [2.24, 2.45) is 5.92 Å². The summed E-state index contributed by atoms with van der Waals surface area (Å²) in [7, 11) is 2.68. The number of carbonyl (C=O) groups is 3. The van der Waals surface area contributed by atoms with Crippen molar-refractivity contribution in [1.29, 1.82) is 0 Å². The first kappa shape index (κ1) is 32.6. The molecular weight excluding hydrogens is 558 g/mol. The van der Waals surface area contributed by atoms with E-state index in [9.17, 15) is 14.4 Å². The molecule has 0 radical (unpaired) electrons. The van der Waals surface area contributed by atoms with Crippen molar-refractivity contribution in [3.8, 4) is 11.5 Å². The third-order valence-corrected chi connectivity index (χ3v) is 7.95. The summed E-state index contributed by atoms with van der Waals surface area (Å²) < 4.78 is 21.7. The van der Waals surface area contributed by atoms with Crippen molar-refractivity contribution >= 4 is 17.8 Å². The SMILES string of the molecule is CCCc1ccc(COc2ccc(CCCOc3ccc(C(=O)OC)cc3C(=O)NC3CCCC(C(=O)OC)C3)cc2)cc1. The Morgan fingerprint density at radius 3 is 2.23 bits per heavy atom. The smallest absolute Gasteiger partial charge is 0.337 e. The van der Waals surface area contributed by atoms with Gasteiger partial charge in [0.15, 0.2) is 0 Å². The number of nitrogens with one attached hydrogen (secondary N) is 1. The molecule has 1 aliphatic carbocycles. The molecule has 1 N–H and O–H groups in total. The van der Waals surface area contributed by atoms with Crippen LogP contribution in [0.2, 0.25) is 0 Å². The summed E-state index contributed by atoms with van der Waals surface area (Å²) >= 11 is 0. The fraction of sp³-hybridized carbons (Fsp3) is 0.417. The van der Waals surface area contributed by atoms with Crippen molar-refractivity contribution < 1.29 is 33.3 Å². The zero-order valence-corrected chi connectivity index (χ0v) is 25.9. The van der Waals surface area contributed by atoms with Gasteiger partial charge in [-0.2, -0.15) is 0 Å². The lowest BCUT2D eigenvalue weighted by molar-refractivity contribution is -0.146. The Morgan fingerprint density at radius 1 is 0.818 bits per heavy atom. The summed E-state index contributed by atoms with van der Waals surface area (Å²) in [5, 5.41) is 3.03. The number of esters is 2. The van der Waals surface area contributed by atoms with Crippen LogP contribution in [0.4, 0.5) is 0 Å². The average Bonchev–Trinajstić information content (AvgIpc) is 3.06. The lowest BCUT2D eigenvalue weighted by Gasteiger charge is -2.28. The highest BCUT2D eigenvalue weighted by atomic mass is 16.5. The molecule has 44 heavy (non-hydrogen) atoms. The van der Waals surface area contributed by atoms with Gasteiger partial charge in [0.25, 0.3) is 5.91 Å². The zero-order chi connectivity index (χ0) is 31.3. The lowest BCUT2D eigenvalue weighted by Crippen LogP contribution is -2.40. The number of ether oxygens (including phenoxy) is 4. The molecule has 4 rings (SSSR count). The Kier molecular flexibility index (Phi) is 12.2. The minimum Gasteiger partial charge on any atom is -0.493 e. The molecule has 0 bridgehead atoms. The molecule has 3 aromatic rings. The van der Waals surface area contributed by atoms with Crippen molar-refractivity contribution in [1.82, 2.24) is 5.32 Å². The fourth-order valence-electron chi connectivity index (χ4n) is 5.51. The minimum atomic E-state index is -0.536. The molecule has 0 aromatic heterocycles. The molecule has 1 fully saturated rings. The second kappa shape index (κ2) is 16.5. The number of carbonyl (C=O) groups excluding carboxylic acids is 3. The van der Waals surface area contributed by atoms with Gasteiger partial charge in [0.1, 0.15) is 18.1 Å². The largest absolute Gasteiger partial charge is 0.493 e. The molecular formula is C36H43NO7. The topological polar surface area (TPSA) is 100 Å². The number of rotatable bonds is 14. The van der Waals surface area contributed by atoms with Gasteiger partial charge in [-0.15, -0.1) is 0 Å². The van der Waals surface area contributed by atoms with E-state index < -0.39 is 5.97 Å². The van der Waals surface area contributed by atoms with Crippen molar-refractivity contribution in [3.63, 3.8) is 0 Å². The van der Waals surface area contributed by atoms with Crippen LogP contribution in [0, 0.1) is 5.92 Å². The molecule has 0 aliphatic heterocycles. The quantitative estimate of drug-likeness (QED) is 0.167. The van der Waals surface area contributed by atoms with Gasteiger partial charge in [0.05, 0.1) is 37.9 Å². The fourth-order valence-corrected chi connectivity index (χ4v) is 5.51. The van der Waals surface area contributed by atoms with Crippen LogP contribution in [-0.2, 0) is 33.7 Å². The molecule has 234 valence electrons. The van der Waals surface area contributed by atoms with Crippen LogP contribution in [0.25, 0.3) is 0 Å². The molecule has 1 amide bonds. The van der Waals surface area contributed by atoms with E-state index in [1.54, 1.807) is 12.1 Å². The van der Waals surface area contributed by atoms with Crippen molar-refractivity contribution in [3.05, 3.63) is 94.5 Å². The van der Waals surface area contributed by atoms with Crippen LogP contribution in [0.1, 0.15) is 82.9 Å². The Labute approximate surface area is 260 Å². The van der Waals surface area contributed by atoms with E-state index in [4.69, 9.17) is 18.9 Å². The molecule has 8 nitrogen and oxygen atoms in total. The van der Waals surface area contributed by atoms with Crippen molar-refractivity contribution in [2.75, 3.05) is 20.8 Å². The van der Waals surface area contributed by atoms with Crippen LogP contribution in [0.5, 0.6) is 11.5 Å². The Hall–Kier alpha value is -4.33. The van der Waals surface area contributed by atoms with E-state index >= 15 is 0 Å². The van der Waals surface area contributed by atoms with E-state index in [1.807, 2.05) is 12.1 Å². The monoisotopic (exact) mass is 601 g/mol. The molecule has 1 aliphatic rings. The second-order valence-electron chi connectivity index (χ2n) is 11.2. The van der Waals surface area contributed by atoms with E-state index in [1.165, 1.54) is 25.8 Å². The highest BCUT2D eigenvalue weighted by Crippen LogP contribution is 2.27. The van der Waals surface area contributed by atoms with Crippen LogP contribution >= 0.6 is 0 Å². The third-order valence-electron chi connectivity index (χ3n) is 7.95. The molecule has 3 aromatic carbocycles. The summed E-state index contributed by atoms with van der Waals surface area (Å²) in [6, 6.07) is 21.2. The minimum absolute atomic E-state index is 0.173. The van der Waals surface area contributed by atoms with Gasteiger partial charge in [0.2, 0.25) is 0 Å². The third kappa shape index (κ3) is 9.33. The maximum absolute atomic E-state index is 13.3. The van der Waals surface area contributed by atoms with Gasteiger partial charge < -0.3 is 24.3 Å². The molecule has 0 heterocycles. The summed E-state index contributed by atoms with van der Waals surface area (Å²) in [5.74, 6) is -0.169. The van der Waals surface area contributed by atoms with Gasteiger partial charge in [0, 0.05) is 6.04 Å². The van der Waals surface area contributed by atoms with Crippen molar-refractivity contribution in [2.45, 2.75) is 70.9 Å². The van der Waals surface area contributed by atoms with Crippen LogP contribution < -0.4 is 14.8 Å². The molecule has 2 atom stereocenters. The van der Waals surface area contributed by atoms with Crippen LogP contribution in [-0.4, -0.2) is 44.7 Å². The second-order valence-corrected chi connectivity index (χ2v) is 11.2. The van der Waals surface area contributed by atoms with E-state index in [2.05, 4.69) is 48.6 Å². The molecule has 0 saturated heterocycles. The molecule has 1 saturated carbocycles. The van der Waals surface area contributed by atoms with Crippen LogP contribution in [0.3, 0.4) is 0 Å². The highest BCUT2D eigenvalue weighted by molar-refractivity contribution is 6.00. The average molecular weight is 602 g/mol. The van der Waals surface area contributed by atoms with Gasteiger partial charge in [-0.05, 0) is 85.5 Å². The number of aryl methyl sites for hydroxylation is 2. The Morgan fingerprint density at radius 2 is 1.52 bits per heavy atom. The molecule has 8 heteroatoms. The number of hydrogen-bond acceptors (Lipinski definition) is 7. The maximum Gasteiger partial charge on any atom is 0.337 e. The zero-order valence-electron chi connectivity index (χ0n) is 25.9. The summed E-state index contributed by atoms with van der Waals surface area (Å²) in [6.45, 7) is 3.09. The summed E-state index contributed by atoms with van der Waals surface area (Å²) in [6.07, 6.45) is 6.59. The van der Waals surface area contributed by atoms with Gasteiger partial charge in [-0.1, -0.05) is 56.2 Å². The first-order chi connectivity index (χ1) is 21.4. The normalized spacial score (nSPS) is 16.1. The predicted octanol–water partition coefficient (Wildman–Crippen LogP) is 6.48. The Balaban J connectivity index is 1.30. The first-order valence-corrected chi connectivity index (χ1v) is 15.4. The first-order valence-electron chi connectivity index (χ1n) is 15.4. The van der Waals surface area contributed by atoms with Crippen LogP contribution in [0.15, 0.2) is 66.7 Å². The lowest BCUT2D eigenvalue weighted by atomic mass is 9.85. The van der Waals surface area contributed by atoms with E-state index in [-0.39, 0.29) is 35.0 Å². The van der Waals surface area contributed by atoms with Gasteiger partial charge >= 0.3 is 11.9 Å². The predicted molar refractivity (Wildman–Crippen MR) is 168 cm³/mol. The Bertz CT molecular complexity index is 1380. The number of hydrogen-bond donors (Lipinski definition) is 1. The van der Waals surface area contributed by atoms with E-state index in [0.717, 1.165) is 61.8 Å². The summed E-state index contributed by atoms with van der Waals surface area (Å²) in [4.78, 5) is 37.6. The number of methoxy groups -OCH3 is 2. The van der Waals surface area contributed by atoms with Gasteiger partial charge in [-0.25, -0.2) is 4.79 Å². The molecule has 2 unspecified atom stereocenters.